The van der Waals surface area contributed by atoms with E-state index in [9.17, 15) is 0 Å². The van der Waals surface area contributed by atoms with Crippen LogP contribution in [0.15, 0.2) is 156 Å². The molecule has 0 N–H and O–H groups in total. The van der Waals surface area contributed by atoms with Crippen LogP contribution in [-0.2, 0) is 0 Å². The highest BCUT2D eigenvalue weighted by atomic mass is 16.3. The molecule has 0 bridgehead atoms. The van der Waals surface area contributed by atoms with Crippen LogP contribution in [0.2, 0.25) is 0 Å². The van der Waals surface area contributed by atoms with Crippen molar-refractivity contribution in [2.24, 2.45) is 0 Å². The summed E-state index contributed by atoms with van der Waals surface area (Å²) in [5.74, 6) is 0. The zero-order valence-electron chi connectivity index (χ0n) is 23.3. The molecule has 200 valence electrons. The van der Waals surface area contributed by atoms with E-state index < -0.39 is 0 Å². The minimum Gasteiger partial charge on any atom is -0.438 e. The van der Waals surface area contributed by atoms with E-state index in [1.165, 1.54) is 43.8 Å². The first kappa shape index (κ1) is 23.9. The van der Waals surface area contributed by atoms with Gasteiger partial charge in [0.15, 0.2) is 0 Å². The Hall–Kier alpha value is -5.73. The molecule has 9 rings (SSSR count). The van der Waals surface area contributed by atoms with E-state index in [4.69, 9.17) is 9.40 Å². The van der Waals surface area contributed by atoms with Crippen LogP contribution in [0.1, 0.15) is 0 Å². The molecule has 0 fully saturated rings. The van der Waals surface area contributed by atoms with Crippen molar-refractivity contribution in [3.63, 3.8) is 0 Å². The van der Waals surface area contributed by atoms with Crippen molar-refractivity contribution in [3.05, 3.63) is 152 Å². The van der Waals surface area contributed by atoms with Crippen molar-refractivity contribution in [2.45, 2.75) is 0 Å². The summed E-state index contributed by atoms with van der Waals surface area (Å²) in [6, 6.07) is 54.0. The van der Waals surface area contributed by atoms with Crippen LogP contribution in [0.25, 0.3) is 87.9 Å². The predicted octanol–water partition coefficient (Wildman–Crippen LogP) is 11.4. The fourth-order valence-electron chi connectivity index (χ4n) is 6.86. The summed E-state index contributed by atoms with van der Waals surface area (Å²) >= 11 is 0. The van der Waals surface area contributed by atoms with Gasteiger partial charge in [-0.1, -0.05) is 133 Å². The van der Waals surface area contributed by atoms with E-state index in [0.717, 1.165) is 38.4 Å². The first-order valence-electron chi connectivity index (χ1n) is 14.6. The summed E-state index contributed by atoms with van der Waals surface area (Å²) < 4.78 is 6.30. The van der Waals surface area contributed by atoms with E-state index in [1.807, 2.05) is 18.2 Å². The monoisotopic (exact) mass is 547 g/mol. The Morgan fingerprint density at radius 3 is 1.53 bits per heavy atom. The summed E-state index contributed by atoms with van der Waals surface area (Å²) in [7, 11) is 0. The highest BCUT2D eigenvalue weighted by molar-refractivity contribution is 6.22. The lowest BCUT2D eigenvalue weighted by molar-refractivity contribution is 0.656. The number of para-hydroxylation sites is 2. The van der Waals surface area contributed by atoms with Gasteiger partial charge in [0.05, 0.1) is 10.9 Å². The Balaban J connectivity index is 1.38. The molecule has 9 aromatic rings. The molecule has 0 aliphatic carbocycles. The lowest BCUT2D eigenvalue weighted by Gasteiger charge is -2.18. The average Bonchev–Trinajstić information content (AvgIpc) is 3.44. The van der Waals surface area contributed by atoms with Gasteiger partial charge in [0.25, 0.3) is 0 Å². The largest absolute Gasteiger partial charge is 0.438 e. The molecule has 43 heavy (non-hydrogen) atoms. The number of fused-ring (bicyclic) bond motifs is 6. The number of hydrogen-bond donors (Lipinski definition) is 0. The highest BCUT2D eigenvalue weighted by Crippen LogP contribution is 2.45. The van der Waals surface area contributed by atoms with Gasteiger partial charge in [-0.25, -0.2) is 4.98 Å². The zero-order chi connectivity index (χ0) is 28.3. The Morgan fingerprint density at radius 1 is 0.372 bits per heavy atom. The lowest BCUT2D eigenvalue weighted by atomic mass is 9.85. The van der Waals surface area contributed by atoms with Crippen LogP contribution >= 0.6 is 0 Å². The number of aromatic nitrogens is 1. The minimum atomic E-state index is 0.670. The third kappa shape index (κ3) is 3.63. The molecule has 0 saturated heterocycles. The van der Waals surface area contributed by atoms with Crippen molar-refractivity contribution >= 4 is 54.5 Å². The molecule has 2 aromatic heterocycles. The Labute approximate surface area is 248 Å². The second-order valence-electron chi connectivity index (χ2n) is 11.1. The molecular weight excluding hydrogens is 522 g/mol. The van der Waals surface area contributed by atoms with Crippen molar-refractivity contribution < 1.29 is 4.42 Å². The van der Waals surface area contributed by atoms with Gasteiger partial charge in [0.2, 0.25) is 5.71 Å². The Bertz CT molecular complexity index is 2450. The van der Waals surface area contributed by atoms with Gasteiger partial charge in [-0.15, -0.1) is 0 Å². The maximum Gasteiger partial charge on any atom is 0.228 e. The van der Waals surface area contributed by atoms with Gasteiger partial charge in [-0.05, 0) is 67.6 Å². The minimum absolute atomic E-state index is 0.670. The molecule has 0 aliphatic heterocycles. The van der Waals surface area contributed by atoms with Gasteiger partial charge < -0.3 is 4.42 Å². The second kappa shape index (κ2) is 9.40. The first-order valence-corrected chi connectivity index (χ1v) is 14.6. The molecule has 0 aliphatic rings. The average molecular weight is 548 g/mol. The molecule has 7 aromatic carbocycles. The summed E-state index contributed by atoms with van der Waals surface area (Å²) in [5, 5.41) is 8.26. The molecule has 0 saturated carbocycles. The van der Waals surface area contributed by atoms with Gasteiger partial charge in [-0.2, -0.15) is 0 Å². The normalized spacial score (nSPS) is 11.7. The molecule has 2 heterocycles. The summed E-state index contributed by atoms with van der Waals surface area (Å²) in [4.78, 5) is 4.94. The van der Waals surface area contributed by atoms with Crippen molar-refractivity contribution in [3.8, 4) is 33.4 Å². The third-order valence-corrected chi connectivity index (χ3v) is 8.66. The quantitative estimate of drug-likeness (QED) is 0.206. The van der Waals surface area contributed by atoms with E-state index in [-0.39, 0.29) is 0 Å². The summed E-state index contributed by atoms with van der Waals surface area (Å²) in [6.07, 6.45) is 0. The van der Waals surface area contributed by atoms with E-state index in [1.54, 1.807) is 0 Å². The van der Waals surface area contributed by atoms with Crippen LogP contribution in [0, 0.1) is 0 Å². The topological polar surface area (TPSA) is 26.0 Å². The SMILES string of the molecule is c1ccc(-c2c3ccccc3c(-c3cccc(-c4c5ccccc5nc5oc6ccccc6c45)c3)c3ccccc23)cc1. The molecule has 0 spiro atoms. The lowest BCUT2D eigenvalue weighted by Crippen LogP contribution is -1.92. The number of benzene rings is 7. The molecule has 2 nitrogen and oxygen atoms in total. The van der Waals surface area contributed by atoms with Crippen molar-refractivity contribution in [2.75, 3.05) is 0 Å². The molecular formula is C41H25NO. The second-order valence-corrected chi connectivity index (χ2v) is 11.1. The molecule has 2 heteroatoms. The highest BCUT2D eigenvalue weighted by Gasteiger charge is 2.20. The van der Waals surface area contributed by atoms with Crippen LogP contribution in [0.3, 0.4) is 0 Å². The van der Waals surface area contributed by atoms with E-state index in [0.29, 0.717) is 5.71 Å². The number of nitrogens with zero attached hydrogens (tertiary/aromatic N) is 1. The number of rotatable bonds is 3. The van der Waals surface area contributed by atoms with Gasteiger partial charge in [0.1, 0.15) is 5.58 Å². The van der Waals surface area contributed by atoms with Crippen LogP contribution in [0.5, 0.6) is 0 Å². The van der Waals surface area contributed by atoms with Crippen molar-refractivity contribution in [1.82, 2.24) is 4.98 Å². The Morgan fingerprint density at radius 2 is 0.860 bits per heavy atom. The van der Waals surface area contributed by atoms with E-state index in [2.05, 4.69) is 133 Å². The van der Waals surface area contributed by atoms with Crippen LogP contribution in [-0.4, -0.2) is 4.98 Å². The molecule has 0 unspecified atom stereocenters. The third-order valence-electron chi connectivity index (χ3n) is 8.66. The zero-order valence-corrected chi connectivity index (χ0v) is 23.3. The molecule has 0 atom stereocenters. The van der Waals surface area contributed by atoms with Gasteiger partial charge in [-0.3, -0.25) is 0 Å². The molecule has 0 amide bonds. The smallest absolute Gasteiger partial charge is 0.228 e. The van der Waals surface area contributed by atoms with Crippen LogP contribution < -0.4 is 0 Å². The Kier molecular flexibility index (Phi) is 5.23. The molecule has 0 radical (unpaired) electrons. The van der Waals surface area contributed by atoms with Crippen LogP contribution in [0.4, 0.5) is 0 Å². The summed E-state index contributed by atoms with van der Waals surface area (Å²) in [6.45, 7) is 0. The van der Waals surface area contributed by atoms with Gasteiger partial charge in [0, 0.05) is 16.3 Å². The standard InChI is InChI=1S/C41H25NO/c1-2-13-26(14-3-1)37-29-17-4-6-19-31(29)38(32-20-7-5-18-30(32)37)27-15-12-16-28(25-27)39-33-21-8-10-23-35(33)42-41-40(39)34-22-9-11-24-36(34)43-41/h1-25H. The van der Waals surface area contributed by atoms with Gasteiger partial charge >= 0.3 is 0 Å². The maximum absolute atomic E-state index is 6.30. The predicted molar refractivity (Wildman–Crippen MR) is 180 cm³/mol. The summed E-state index contributed by atoms with van der Waals surface area (Å²) in [5.41, 5.74) is 9.69. The van der Waals surface area contributed by atoms with E-state index >= 15 is 0 Å². The fraction of sp³-hybridized carbons (Fsp3) is 0. The fourth-order valence-corrected chi connectivity index (χ4v) is 6.86. The number of hydrogen-bond acceptors (Lipinski definition) is 2. The van der Waals surface area contributed by atoms with Crippen molar-refractivity contribution in [1.29, 1.82) is 0 Å². The number of pyridine rings is 1. The number of furan rings is 1. The maximum atomic E-state index is 6.30. The first-order chi connectivity index (χ1) is 21.3.